The van der Waals surface area contributed by atoms with Crippen molar-refractivity contribution in [3.63, 3.8) is 0 Å². The lowest BCUT2D eigenvalue weighted by Crippen LogP contribution is -2.31. The molecular weight excluding hydrogens is 355 g/mol. The van der Waals surface area contributed by atoms with E-state index in [1.165, 1.54) is 13.1 Å². The van der Waals surface area contributed by atoms with Gasteiger partial charge in [0.2, 0.25) is 0 Å². The molecule has 24 heavy (non-hydrogen) atoms. The Labute approximate surface area is 148 Å². The Morgan fingerprint density at radius 3 is 2.42 bits per heavy atom. The predicted molar refractivity (Wildman–Crippen MR) is 90.4 cm³/mol. The van der Waals surface area contributed by atoms with Crippen LogP contribution in [0.25, 0.3) is 0 Å². The van der Waals surface area contributed by atoms with Gasteiger partial charge in [0, 0.05) is 11.2 Å². The van der Waals surface area contributed by atoms with Gasteiger partial charge < -0.3 is 14.8 Å². The largest absolute Gasteiger partial charge is 0.482 e. The van der Waals surface area contributed by atoms with Gasteiger partial charge in [-0.15, -0.1) is 0 Å². The summed E-state index contributed by atoms with van der Waals surface area (Å²) in [6.45, 7) is 1.13. The van der Waals surface area contributed by atoms with Gasteiger partial charge in [0.1, 0.15) is 11.6 Å². The monoisotopic (exact) mass is 368 g/mol. The number of nitrogens with one attached hydrogen (secondary N) is 1. The molecule has 0 saturated carbocycles. The van der Waals surface area contributed by atoms with Gasteiger partial charge in [0.25, 0.3) is 5.91 Å². The Bertz CT molecular complexity index is 705. The van der Waals surface area contributed by atoms with Crippen molar-refractivity contribution in [3.8, 4) is 5.75 Å². The molecule has 0 aliphatic carbocycles. The third-order valence-electron chi connectivity index (χ3n) is 2.83. The lowest BCUT2D eigenvalue weighted by atomic mass is 10.3. The van der Waals surface area contributed by atoms with Crippen LogP contribution >= 0.6 is 23.2 Å². The standard InChI is InChI=1S/C16H14Cl2N2O4/c1-10(16(22)20-14-7-4-12(18)8-19-14)24-15(21)9-23-13-5-2-11(17)3-6-13/h2-8,10H,9H2,1H3,(H,19,20,22)/t10-/m0/s1. The number of amides is 1. The normalized spacial score (nSPS) is 11.5. The van der Waals surface area contributed by atoms with Gasteiger partial charge in [-0.2, -0.15) is 0 Å². The van der Waals surface area contributed by atoms with Crippen LogP contribution in [0.1, 0.15) is 6.92 Å². The van der Waals surface area contributed by atoms with E-state index in [2.05, 4.69) is 10.3 Å². The van der Waals surface area contributed by atoms with Crippen molar-refractivity contribution in [3.05, 3.63) is 52.6 Å². The fourth-order valence-corrected chi connectivity index (χ4v) is 1.87. The number of esters is 1. The molecule has 1 amide bonds. The number of halogens is 2. The molecule has 2 rings (SSSR count). The number of aromatic nitrogens is 1. The highest BCUT2D eigenvalue weighted by atomic mass is 35.5. The molecule has 1 aromatic carbocycles. The second-order valence-electron chi connectivity index (χ2n) is 4.73. The average Bonchev–Trinajstić information content (AvgIpc) is 2.56. The second kappa shape index (κ2) is 8.52. The van der Waals surface area contributed by atoms with Gasteiger partial charge in [0.15, 0.2) is 12.7 Å². The van der Waals surface area contributed by atoms with E-state index in [9.17, 15) is 9.59 Å². The molecule has 0 bridgehead atoms. The summed E-state index contributed by atoms with van der Waals surface area (Å²) in [7, 11) is 0. The highest BCUT2D eigenvalue weighted by Crippen LogP contribution is 2.15. The van der Waals surface area contributed by atoms with Gasteiger partial charge in [-0.05, 0) is 43.3 Å². The van der Waals surface area contributed by atoms with Crippen LogP contribution in [-0.4, -0.2) is 29.6 Å². The third-order valence-corrected chi connectivity index (χ3v) is 3.30. The number of carbonyl (C=O) groups excluding carboxylic acids is 2. The summed E-state index contributed by atoms with van der Waals surface area (Å²) in [6.07, 6.45) is 0.400. The Morgan fingerprint density at radius 2 is 1.79 bits per heavy atom. The number of hydrogen-bond donors (Lipinski definition) is 1. The molecule has 0 aliphatic rings. The van der Waals surface area contributed by atoms with E-state index >= 15 is 0 Å². The van der Waals surface area contributed by atoms with Gasteiger partial charge >= 0.3 is 5.97 Å². The maximum atomic E-state index is 11.9. The molecule has 0 fully saturated rings. The summed E-state index contributed by atoms with van der Waals surface area (Å²) in [4.78, 5) is 27.6. The van der Waals surface area contributed by atoms with Crippen LogP contribution in [-0.2, 0) is 14.3 Å². The van der Waals surface area contributed by atoms with Crippen molar-refractivity contribution in [2.24, 2.45) is 0 Å². The number of nitrogens with zero attached hydrogens (tertiary/aromatic N) is 1. The molecule has 1 N–H and O–H groups in total. The summed E-state index contributed by atoms with van der Waals surface area (Å²) in [5, 5.41) is 3.52. The minimum Gasteiger partial charge on any atom is -0.482 e. The smallest absolute Gasteiger partial charge is 0.344 e. The summed E-state index contributed by atoms with van der Waals surface area (Å²) in [5.41, 5.74) is 0. The van der Waals surface area contributed by atoms with Gasteiger partial charge in [-0.25, -0.2) is 9.78 Å². The average molecular weight is 369 g/mol. The fraction of sp³-hybridized carbons (Fsp3) is 0.188. The molecule has 1 atom stereocenters. The minimum absolute atomic E-state index is 0.310. The SMILES string of the molecule is C[C@H](OC(=O)COc1ccc(Cl)cc1)C(=O)Nc1ccc(Cl)cn1. The summed E-state index contributed by atoms with van der Waals surface area (Å²) < 4.78 is 10.2. The first-order valence-corrected chi connectivity index (χ1v) is 7.70. The summed E-state index contributed by atoms with van der Waals surface area (Å²) in [6, 6.07) is 9.64. The quantitative estimate of drug-likeness (QED) is 0.791. The van der Waals surface area contributed by atoms with Crippen molar-refractivity contribution >= 4 is 40.9 Å². The minimum atomic E-state index is -0.996. The van der Waals surface area contributed by atoms with Crippen molar-refractivity contribution in [1.29, 1.82) is 0 Å². The summed E-state index contributed by atoms with van der Waals surface area (Å²) >= 11 is 11.5. The Balaban J connectivity index is 1.78. The van der Waals surface area contributed by atoms with E-state index < -0.39 is 18.0 Å². The zero-order valence-corrected chi connectivity index (χ0v) is 14.2. The van der Waals surface area contributed by atoms with E-state index in [1.807, 2.05) is 0 Å². The van der Waals surface area contributed by atoms with Crippen molar-refractivity contribution in [2.45, 2.75) is 13.0 Å². The number of carbonyl (C=O) groups is 2. The first kappa shape index (κ1) is 18.0. The lowest BCUT2D eigenvalue weighted by Gasteiger charge is -2.13. The number of rotatable bonds is 6. The Hall–Kier alpha value is -2.31. The maximum Gasteiger partial charge on any atom is 0.344 e. The lowest BCUT2D eigenvalue weighted by molar-refractivity contribution is -0.155. The molecule has 0 spiro atoms. The van der Waals surface area contributed by atoms with Crippen LogP contribution < -0.4 is 10.1 Å². The zero-order chi connectivity index (χ0) is 17.5. The number of anilines is 1. The Morgan fingerprint density at radius 1 is 1.12 bits per heavy atom. The van der Waals surface area contributed by atoms with E-state index in [0.717, 1.165) is 0 Å². The van der Waals surface area contributed by atoms with E-state index in [4.69, 9.17) is 32.7 Å². The highest BCUT2D eigenvalue weighted by molar-refractivity contribution is 6.30. The molecule has 1 aromatic heterocycles. The third kappa shape index (κ3) is 5.72. The Kier molecular flexibility index (Phi) is 6.40. The van der Waals surface area contributed by atoms with Crippen LogP contribution in [0.2, 0.25) is 10.0 Å². The van der Waals surface area contributed by atoms with E-state index in [-0.39, 0.29) is 6.61 Å². The van der Waals surface area contributed by atoms with Gasteiger partial charge in [-0.3, -0.25) is 4.79 Å². The molecule has 0 aliphatic heterocycles. The second-order valence-corrected chi connectivity index (χ2v) is 5.60. The molecule has 0 unspecified atom stereocenters. The van der Waals surface area contributed by atoms with E-state index in [0.29, 0.717) is 21.6 Å². The number of ether oxygens (including phenoxy) is 2. The molecule has 1 heterocycles. The zero-order valence-electron chi connectivity index (χ0n) is 12.7. The maximum absolute atomic E-state index is 11.9. The van der Waals surface area contributed by atoms with Crippen LogP contribution in [0, 0.1) is 0 Å². The molecule has 2 aromatic rings. The van der Waals surface area contributed by atoms with Crippen LogP contribution in [0.15, 0.2) is 42.6 Å². The molecule has 0 saturated heterocycles. The predicted octanol–water partition coefficient (Wildman–Crippen LogP) is 3.34. The topological polar surface area (TPSA) is 77.5 Å². The summed E-state index contributed by atoms with van der Waals surface area (Å²) in [5.74, 6) is -0.398. The molecule has 8 heteroatoms. The first-order valence-electron chi connectivity index (χ1n) is 6.94. The number of benzene rings is 1. The van der Waals surface area contributed by atoms with Gasteiger partial charge in [0.05, 0.1) is 5.02 Å². The molecule has 6 nitrogen and oxygen atoms in total. The van der Waals surface area contributed by atoms with Crippen molar-refractivity contribution in [2.75, 3.05) is 11.9 Å². The van der Waals surface area contributed by atoms with Crippen LogP contribution in [0.3, 0.4) is 0 Å². The molecule has 0 radical (unpaired) electrons. The van der Waals surface area contributed by atoms with Crippen molar-refractivity contribution < 1.29 is 19.1 Å². The molecular formula is C16H14Cl2N2O4. The van der Waals surface area contributed by atoms with E-state index in [1.54, 1.807) is 36.4 Å². The fourth-order valence-electron chi connectivity index (χ4n) is 1.64. The van der Waals surface area contributed by atoms with Crippen LogP contribution in [0.5, 0.6) is 5.75 Å². The van der Waals surface area contributed by atoms with Crippen molar-refractivity contribution in [1.82, 2.24) is 4.98 Å². The first-order chi connectivity index (χ1) is 11.4. The van der Waals surface area contributed by atoms with Crippen LogP contribution in [0.4, 0.5) is 5.82 Å². The highest BCUT2D eigenvalue weighted by Gasteiger charge is 2.18. The van der Waals surface area contributed by atoms with Gasteiger partial charge in [-0.1, -0.05) is 23.2 Å². The molecule has 126 valence electrons. The number of hydrogen-bond acceptors (Lipinski definition) is 5. The number of pyridine rings is 1.